The molecule has 1 amide bonds. The van der Waals surface area contributed by atoms with Crippen LogP contribution in [0.15, 0.2) is 48.5 Å². The fourth-order valence-corrected chi connectivity index (χ4v) is 3.08. The summed E-state index contributed by atoms with van der Waals surface area (Å²) in [6, 6.07) is 13.8. The maximum absolute atomic E-state index is 13.1. The Morgan fingerprint density at radius 3 is 2.48 bits per heavy atom. The lowest BCUT2D eigenvalue weighted by atomic mass is 10.0. The van der Waals surface area contributed by atoms with Gasteiger partial charge >= 0.3 is 0 Å². The lowest BCUT2D eigenvalue weighted by Gasteiger charge is -2.10. The highest BCUT2D eigenvalue weighted by Gasteiger charge is 2.29. The van der Waals surface area contributed by atoms with Crippen molar-refractivity contribution in [3.8, 4) is 5.88 Å². The fraction of sp³-hybridized carbons (Fsp3) is 0.105. The number of nitrogens with two attached hydrogens (primary N) is 1. The Morgan fingerprint density at radius 1 is 1.15 bits per heavy atom. The van der Waals surface area contributed by atoms with Gasteiger partial charge in [0.15, 0.2) is 5.69 Å². The first kappa shape index (κ1) is 18.9. The number of carbonyl (C=O) groups is 2. The van der Waals surface area contributed by atoms with Crippen LogP contribution in [0.3, 0.4) is 0 Å². The molecule has 0 aliphatic carbocycles. The number of halogens is 2. The van der Waals surface area contributed by atoms with Crippen molar-refractivity contribution in [1.29, 1.82) is 0 Å². The first-order valence-corrected chi connectivity index (χ1v) is 8.67. The molecule has 0 aliphatic heterocycles. The predicted octanol–water partition coefficient (Wildman–Crippen LogP) is 3.64. The summed E-state index contributed by atoms with van der Waals surface area (Å²) in [6.07, 6.45) is 0. The lowest BCUT2D eigenvalue weighted by Crippen LogP contribution is -2.17. The minimum atomic E-state index is -0.839. The maximum Gasteiger partial charge on any atom is 0.270 e. The Hall–Kier alpha value is -2.83. The summed E-state index contributed by atoms with van der Waals surface area (Å²) in [5.74, 6) is -1.24. The van der Waals surface area contributed by atoms with Crippen molar-refractivity contribution >= 4 is 34.9 Å². The molecule has 1 aromatic heterocycles. The summed E-state index contributed by atoms with van der Waals surface area (Å²) < 4.78 is 7.10. The van der Waals surface area contributed by atoms with Gasteiger partial charge in [0, 0.05) is 17.6 Å². The zero-order chi connectivity index (χ0) is 19.6. The Labute approximate surface area is 165 Å². The molecule has 27 heavy (non-hydrogen) atoms. The van der Waals surface area contributed by atoms with Crippen molar-refractivity contribution in [2.75, 3.05) is 0 Å². The highest BCUT2D eigenvalue weighted by molar-refractivity contribution is 6.37. The Kier molecular flexibility index (Phi) is 5.48. The average molecular weight is 404 g/mol. The Bertz CT molecular complexity index is 1020. The smallest absolute Gasteiger partial charge is 0.270 e. The molecule has 0 radical (unpaired) electrons. The molecule has 2 aromatic carbocycles. The van der Waals surface area contributed by atoms with E-state index < -0.39 is 11.7 Å². The quantitative estimate of drug-likeness (QED) is 0.636. The molecule has 0 bridgehead atoms. The molecule has 0 fully saturated rings. The number of benzene rings is 2. The third-order valence-corrected chi connectivity index (χ3v) is 4.40. The van der Waals surface area contributed by atoms with Crippen LogP contribution in [0.25, 0.3) is 0 Å². The third kappa shape index (κ3) is 3.97. The van der Waals surface area contributed by atoms with Crippen LogP contribution in [0, 0.1) is 0 Å². The topological polar surface area (TPSA) is 87.2 Å². The molecule has 0 saturated carbocycles. The molecule has 0 atom stereocenters. The van der Waals surface area contributed by atoms with E-state index in [0.717, 1.165) is 5.56 Å². The summed E-state index contributed by atoms with van der Waals surface area (Å²) in [5.41, 5.74) is 6.24. The van der Waals surface area contributed by atoms with Crippen LogP contribution in [-0.2, 0) is 13.7 Å². The summed E-state index contributed by atoms with van der Waals surface area (Å²) in [7, 11) is 1.56. The summed E-state index contributed by atoms with van der Waals surface area (Å²) in [6.45, 7) is 0.188. The molecule has 6 nitrogen and oxygen atoms in total. The van der Waals surface area contributed by atoms with E-state index in [1.807, 2.05) is 30.3 Å². The van der Waals surface area contributed by atoms with E-state index in [-0.39, 0.29) is 34.3 Å². The molecule has 3 aromatic rings. The van der Waals surface area contributed by atoms with E-state index in [4.69, 9.17) is 33.7 Å². The van der Waals surface area contributed by atoms with Gasteiger partial charge in [0.25, 0.3) is 5.91 Å². The van der Waals surface area contributed by atoms with Crippen LogP contribution in [0.2, 0.25) is 10.0 Å². The number of carbonyl (C=O) groups excluding carboxylic acids is 2. The van der Waals surface area contributed by atoms with Gasteiger partial charge in [-0.2, -0.15) is 5.10 Å². The van der Waals surface area contributed by atoms with Crippen LogP contribution in [0.4, 0.5) is 0 Å². The monoisotopic (exact) mass is 403 g/mol. The molecule has 3 rings (SSSR count). The number of amides is 1. The van der Waals surface area contributed by atoms with E-state index >= 15 is 0 Å². The molecule has 0 spiro atoms. The average Bonchev–Trinajstić information content (AvgIpc) is 2.97. The number of hydrogen-bond acceptors (Lipinski definition) is 4. The number of nitrogens with zero attached hydrogens (tertiary/aromatic N) is 2. The molecule has 138 valence electrons. The largest absolute Gasteiger partial charge is 0.472 e. The second kappa shape index (κ2) is 7.82. The SMILES string of the molecule is Cn1nc(C(N)=O)c(C(=O)c2ccc(Cl)cc2Cl)c1OCc1ccccc1. The second-order valence-electron chi connectivity index (χ2n) is 5.74. The fourth-order valence-electron chi connectivity index (χ4n) is 2.59. The van der Waals surface area contributed by atoms with Gasteiger partial charge in [-0.05, 0) is 23.8 Å². The number of aromatic nitrogens is 2. The van der Waals surface area contributed by atoms with Crippen molar-refractivity contribution in [1.82, 2.24) is 9.78 Å². The zero-order valence-corrected chi connectivity index (χ0v) is 15.8. The van der Waals surface area contributed by atoms with Gasteiger partial charge in [0.2, 0.25) is 11.7 Å². The minimum Gasteiger partial charge on any atom is -0.472 e. The number of rotatable bonds is 6. The van der Waals surface area contributed by atoms with Gasteiger partial charge < -0.3 is 10.5 Å². The predicted molar refractivity (Wildman–Crippen MR) is 102 cm³/mol. The number of aryl methyl sites for hydroxylation is 1. The zero-order valence-electron chi connectivity index (χ0n) is 14.3. The van der Waals surface area contributed by atoms with Gasteiger partial charge in [-0.3, -0.25) is 9.59 Å². The van der Waals surface area contributed by atoms with Crippen LogP contribution in [0.5, 0.6) is 5.88 Å². The summed E-state index contributed by atoms with van der Waals surface area (Å²) >= 11 is 12.0. The summed E-state index contributed by atoms with van der Waals surface area (Å²) in [4.78, 5) is 24.9. The van der Waals surface area contributed by atoms with Crippen LogP contribution >= 0.6 is 23.2 Å². The van der Waals surface area contributed by atoms with E-state index in [0.29, 0.717) is 5.02 Å². The van der Waals surface area contributed by atoms with Gasteiger partial charge in [0.1, 0.15) is 12.2 Å². The van der Waals surface area contributed by atoms with Crippen molar-refractivity contribution in [3.63, 3.8) is 0 Å². The number of primary amides is 1. The van der Waals surface area contributed by atoms with Crippen LogP contribution in [0.1, 0.15) is 32.0 Å². The van der Waals surface area contributed by atoms with E-state index in [1.165, 1.54) is 22.9 Å². The molecular weight excluding hydrogens is 389 g/mol. The molecular formula is C19H15Cl2N3O3. The first-order chi connectivity index (χ1) is 12.9. The van der Waals surface area contributed by atoms with Crippen LogP contribution < -0.4 is 10.5 Å². The van der Waals surface area contributed by atoms with E-state index in [1.54, 1.807) is 7.05 Å². The normalized spacial score (nSPS) is 10.6. The highest BCUT2D eigenvalue weighted by Crippen LogP contribution is 2.30. The highest BCUT2D eigenvalue weighted by atomic mass is 35.5. The Morgan fingerprint density at radius 2 is 1.85 bits per heavy atom. The molecule has 1 heterocycles. The summed E-state index contributed by atoms with van der Waals surface area (Å²) in [5, 5.41) is 4.58. The first-order valence-electron chi connectivity index (χ1n) is 7.91. The second-order valence-corrected chi connectivity index (χ2v) is 6.59. The third-order valence-electron chi connectivity index (χ3n) is 3.85. The van der Waals surface area contributed by atoms with Gasteiger partial charge in [-0.1, -0.05) is 53.5 Å². The van der Waals surface area contributed by atoms with Crippen molar-refractivity contribution < 1.29 is 14.3 Å². The van der Waals surface area contributed by atoms with Crippen molar-refractivity contribution in [2.24, 2.45) is 12.8 Å². The van der Waals surface area contributed by atoms with E-state index in [2.05, 4.69) is 5.10 Å². The number of ether oxygens (including phenoxy) is 1. The minimum absolute atomic E-state index is 0.0369. The lowest BCUT2D eigenvalue weighted by molar-refractivity contribution is 0.0976. The molecule has 2 N–H and O–H groups in total. The van der Waals surface area contributed by atoms with Crippen LogP contribution in [-0.4, -0.2) is 21.5 Å². The molecule has 0 unspecified atom stereocenters. The van der Waals surface area contributed by atoms with Gasteiger partial charge in [0.05, 0.1) is 5.02 Å². The maximum atomic E-state index is 13.1. The number of ketones is 1. The van der Waals surface area contributed by atoms with E-state index in [9.17, 15) is 9.59 Å². The van der Waals surface area contributed by atoms with Crippen molar-refractivity contribution in [3.05, 3.63) is 81.0 Å². The van der Waals surface area contributed by atoms with Gasteiger partial charge in [-0.25, -0.2) is 4.68 Å². The molecule has 8 heteroatoms. The van der Waals surface area contributed by atoms with Crippen molar-refractivity contribution in [2.45, 2.75) is 6.61 Å². The number of hydrogen-bond donors (Lipinski definition) is 1. The Balaban J connectivity index is 2.04. The molecule has 0 aliphatic rings. The van der Waals surface area contributed by atoms with Gasteiger partial charge in [-0.15, -0.1) is 0 Å². The standard InChI is InChI=1S/C19H15Cl2N3O3/c1-24-19(27-10-11-5-3-2-4-6-11)15(16(23-24)18(22)26)17(25)13-8-7-12(20)9-14(13)21/h2-9H,10H2,1H3,(H2,22,26). The molecule has 0 saturated heterocycles.